The van der Waals surface area contributed by atoms with Crippen molar-refractivity contribution in [2.24, 2.45) is 0 Å². The van der Waals surface area contributed by atoms with Gasteiger partial charge in [0.15, 0.2) is 0 Å². The Kier molecular flexibility index (Phi) is 3.41. The first kappa shape index (κ1) is 13.3. The largest absolute Gasteiger partial charge is 0.480 e. The molecule has 0 aliphatic rings. The number of aliphatic hydroxyl groups excluding tert-OH is 1. The molecule has 0 aliphatic carbocycles. The van der Waals surface area contributed by atoms with Gasteiger partial charge in [-0.05, 0) is 12.1 Å². The minimum atomic E-state index is -1.03. The molecule has 108 valence electrons. The molecule has 0 spiro atoms. The SMILES string of the molecule is COc1cnc(C(O)c2cn3ccccc3n2)c(OC)n1. The molecule has 7 nitrogen and oxygen atoms in total. The van der Waals surface area contributed by atoms with Gasteiger partial charge in [0.05, 0.1) is 26.1 Å². The first-order valence-corrected chi connectivity index (χ1v) is 6.29. The molecule has 3 heterocycles. The molecular formula is C14H14N4O3. The number of imidazole rings is 1. The van der Waals surface area contributed by atoms with Gasteiger partial charge in [0.2, 0.25) is 11.8 Å². The standard InChI is InChI=1S/C14H14N4O3/c1-20-11-7-15-12(14(17-11)21-2)13(19)9-8-18-6-4-3-5-10(18)16-9/h3-8,13,19H,1-2H3. The summed E-state index contributed by atoms with van der Waals surface area (Å²) in [6.07, 6.45) is 4.00. The molecule has 0 bridgehead atoms. The second-order valence-corrected chi connectivity index (χ2v) is 4.34. The molecule has 1 N–H and O–H groups in total. The van der Waals surface area contributed by atoms with Gasteiger partial charge in [-0.2, -0.15) is 4.98 Å². The third-order valence-electron chi connectivity index (χ3n) is 3.07. The highest BCUT2D eigenvalue weighted by molar-refractivity contribution is 5.41. The maximum atomic E-state index is 10.5. The zero-order valence-corrected chi connectivity index (χ0v) is 11.6. The number of hydrogen-bond donors (Lipinski definition) is 1. The molecule has 0 aromatic carbocycles. The van der Waals surface area contributed by atoms with Crippen molar-refractivity contribution in [3.05, 3.63) is 48.2 Å². The lowest BCUT2D eigenvalue weighted by atomic mass is 10.2. The second kappa shape index (κ2) is 5.37. The van der Waals surface area contributed by atoms with Crippen molar-refractivity contribution in [2.75, 3.05) is 14.2 Å². The second-order valence-electron chi connectivity index (χ2n) is 4.34. The van der Waals surface area contributed by atoms with Crippen LogP contribution in [0.2, 0.25) is 0 Å². The minimum absolute atomic E-state index is 0.207. The van der Waals surface area contributed by atoms with E-state index in [1.54, 1.807) is 6.20 Å². The van der Waals surface area contributed by atoms with Crippen molar-refractivity contribution in [3.8, 4) is 11.8 Å². The van der Waals surface area contributed by atoms with E-state index >= 15 is 0 Å². The molecule has 0 amide bonds. The normalized spacial score (nSPS) is 12.3. The zero-order valence-electron chi connectivity index (χ0n) is 11.6. The summed E-state index contributed by atoms with van der Waals surface area (Å²) in [5, 5.41) is 10.5. The highest BCUT2D eigenvalue weighted by atomic mass is 16.5. The number of nitrogens with zero attached hydrogens (tertiary/aromatic N) is 4. The van der Waals surface area contributed by atoms with Gasteiger partial charge in [0.1, 0.15) is 17.4 Å². The van der Waals surface area contributed by atoms with Crippen molar-refractivity contribution < 1.29 is 14.6 Å². The average Bonchev–Trinajstić information content (AvgIpc) is 2.97. The van der Waals surface area contributed by atoms with E-state index < -0.39 is 6.10 Å². The first-order valence-electron chi connectivity index (χ1n) is 6.29. The Bertz CT molecular complexity index is 739. The molecule has 3 rings (SSSR count). The van der Waals surface area contributed by atoms with Crippen molar-refractivity contribution in [2.45, 2.75) is 6.10 Å². The van der Waals surface area contributed by atoms with Crippen LogP contribution in [0.5, 0.6) is 11.8 Å². The summed E-state index contributed by atoms with van der Waals surface area (Å²) in [6, 6.07) is 5.62. The number of methoxy groups -OCH3 is 2. The number of pyridine rings is 1. The highest BCUT2D eigenvalue weighted by Gasteiger charge is 2.21. The van der Waals surface area contributed by atoms with Gasteiger partial charge in [-0.25, -0.2) is 9.97 Å². The van der Waals surface area contributed by atoms with Gasteiger partial charge in [-0.3, -0.25) is 0 Å². The van der Waals surface area contributed by atoms with Crippen molar-refractivity contribution in [1.29, 1.82) is 0 Å². The smallest absolute Gasteiger partial charge is 0.241 e. The quantitative estimate of drug-likeness (QED) is 0.776. The number of hydrogen-bond acceptors (Lipinski definition) is 6. The van der Waals surface area contributed by atoms with Crippen LogP contribution >= 0.6 is 0 Å². The number of aromatic nitrogens is 4. The predicted molar refractivity (Wildman–Crippen MR) is 74.4 cm³/mol. The summed E-state index contributed by atoms with van der Waals surface area (Å²) in [7, 11) is 2.95. The van der Waals surface area contributed by atoms with Gasteiger partial charge in [0.25, 0.3) is 0 Å². The van der Waals surface area contributed by atoms with E-state index in [-0.39, 0.29) is 5.88 Å². The number of aliphatic hydroxyl groups is 1. The van der Waals surface area contributed by atoms with E-state index in [4.69, 9.17) is 9.47 Å². The van der Waals surface area contributed by atoms with Gasteiger partial charge >= 0.3 is 0 Å². The molecule has 0 aliphatic heterocycles. The summed E-state index contributed by atoms with van der Waals surface area (Å²) >= 11 is 0. The van der Waals surface area contributed by atoms with Crippen LogP contribution in [0, 0.1) is 0 Å². The summed E-state index contributed by atoms with van der Waals surface area (Å²) in [4.78, 5) is 12.6. The first-order chi connectivity index (χ1) is 10.2. The van der Waals surface area contributed by atoms with E-state index in [0.717, 1.165) is 5.65 Å². The Morgan fingerprint density at radius 2 is 2.05 bits per heavy atom. The van der Waals surface area contributed by atoms with Crippen LogP contribution < -0.4 is 9.47 Å². The van der Waals surface area contributed by atoms with Crippen LogP contribution in [-0.2, 0) is 0 Å². The van der Waals surface area contributed by atoms with Crippen molar-refractivity contribution >= 4 is 5.65 Å². The van der Waals surface area contributed by atoms with E-state index in [9.17, 15) is 5.11 Å². The lowest BCUT2D eigenvalue weighted by Crippen LogP contribution is -2.07. The maximum Gasteiger partial charge on any atom is 0.241 e. The molecule has 7 heteroatoms. The summed E-state index contributed by atoms with van der Waals surface area (Å²) in [5.74, 6) is 0.525. The van der Waals surface area contributed by atoms with Gasteiger partial charge < -0.3 is 19.0 Å². The monoisotopic (exact) mass is 286 g/mol. The number of fused-ring (bicyclic) bond motifs is 1. The number of ether oxygens (including phenoxy) is 2. The van der Waals surface area contributed by atoms with E-state index in [2.05, 4.69) is 15.0 Å². The molecule has 1 atom stereocenters. The van der Waals surface area contributed by atoms with Crippen LogP contribution in [0.3, 0.4) is 0 Å². The fourth-order valence-electron chi connectivity index (χ4n) is 2.03. The van der Waals surface area contributed by atoms with Crippen LogP contribution in [0.25, 0.3) is 5.65 Å². The molecule has 1 unspecified atom stereocenters. The van der Waals surface area contributed by atoms with E-state index in [1.165, 1.54) is 20.4 Å². The van der Waals surface area contributed by atoms with Crippen LogP contribution in [0.1, 0.15) is 17.5 Å². The van der Waals surface area contributed by atoms with Crippen molar-refractivity contribution in [1.82, 2.24) is 19.4 Å². The highest BCUT2D eigenvalue weighted by Crippen LogP contribution is 2.27. The number of rotatable bonds is 4. The predicted octanol–water partition coefficient (Wildman–Crippen LogP) is 1.22. The lowest BCUT2D eigenvalue weighted by molar-refractivity contribution is 0.202. The van der Waals surface area contributed by atoms with Gasteiger partial charge in [-0.15, -0.1) is 0 Å². The van der Waals surface area contributed by atoms with Crippen LogP contribution in [0.4, 0.5) is 0 Å². The Morgan fingerprint density at radius 3 is 2.76 bits per heavy atom. The molecular weight excluding hydrogens is 272 g/mol. The third kappa shape index (κ3) is 2.38. The fourth-order valence-corrected chi connectivity index (χ4v) is 2.03. The lowest BCUT2D eigenvalue weighted by Gasteiger charge is -2.11. The summed E-state index contributed by atoms with van der Waals surface area (Å²) < 4.78 is 12.0. The Balaban J connectivity index is 2.02. The maximum absolute atomic E-state index is 10.5. The fraction of sp³-hybridized carbons (Fsp3) is 0.214. The molecule has 0 fully saturated rings. The van der Waals surface area contributed by atoms with Crippen molar-refractivity contribution in [3.63, 3.8) is 0 Å². The summed E-state index contributed by atoms with van der Waals surface area (Å²) in [5.41, 5.74) is 1.51. The molecule has 3 aromatic heterocycles. The molecule has 0 saturated heterocycles. The molecule has 0 radical (unpaired) electrons. The summed E-state index contributed by atoms with van der Waals surface area (Å²) in [6.45, 7) is 0. The third-order valence-corrected chi connectivity index (χ3v) is 3.07. The van der Waals surface area contributed by atoms with E-state index in [0.29, 0.717) is 17.3 Å². The van der Waals surface area contributed by atoms with Crippen LogP contribution in [-0.4, -0.2) is 38.7 Å². The average molecular weight is 286 g/mol. The zero-order chi connectivity index (χ0) is 14.8. The van der Waals surface area contributed by atoms with Gasteiger partial charge in [-0.1, -0.05) is 6.07 Å². The Labute approximate surface area is 120 Å². The molecule has 21 heavy (non-hydrogen) atoms. The van der Waals surface area contributed by atoms with Gasteiger partial charge in [0, 0.05) is 12.4 Å². The van der Waals surface area contributed by atoms with Crippen LogP contribution in [0.15, 0.2) is 36.8 Å². The topological polar surface area (TPSA) is 81.8 Å². The molecule has 0 saturated carbocycles. The minimum Gasteiger partial charge on any atom is -0.480 e. The Morgan fingerprint density at radius 1 is 1.19 bits per heavy atom. The molecule has 3 aromatic rings. The Hall–Kier alpha value is -2.67. The van der Waals surface area contributed by atoms with E-state index in [1.807, 2.05) is 28.8 Å².